The molecule has 3 atom stereocenters. The lowest BCUT2D eigenvalue weighted by Crippen LogP contribution is -2.54. The summed E-state index contributed by atoms with van der Waals surface area (Å²) in [6.45, 7) is 2.93. The molecule has 1 aliphatic carbocycles. The van der Waals surface area contributed by atoms with Crippen LogP contribution in [0.2, 0.25) is 0 Å². The van der Waals surface area contributed by atoms with Gasteiger partial charge in [0.25, 0.3) is 0 Å². The Balaban J connectivity index is 2.04. The Morgan fingerprint density at radius 3 is 2.75 bits per heavy atom. The number of hydrogen-bond donors (Lipinski definition) is 1. The molecule has 2 aliphatic rings. The highest BCUT2D eigenvalue weighted by atomic mass is 16.2. The zero-order chi connectivity index (χ0) is 11.5. The number of hydrogen-bond acceptors (Lipinski definition) is 2. The zero-order valence-electron chi connectivity index (χ0n) is 10.3. The number of carbonyl (C=O) groups excluding carboxylic acids is 1. The summed E-state index contributed by atoms with van der Waals surface area (Å²) in [5, 5.41) is 0. The van der Waals surface area contributed by atoms with E-state index in [-0.39, 0.29) is 11.9 Å². The van der Waals surface area contributed by atoms with Gasteiger partial charge in [-0.15, -0.1) is 0 Å². The number of fused-ring (bicyclic) bond motifs is 1. The molecule has 92 valence electrons. The van der Waals surface area contributed by atoms with Crippen molar-refractivity contribution in [2.24, 2.45) is 11.7 Å². The minimum Gasteiger partial charge on any atom is -0.338 e. The van der Waals surface area contributed by atoms with Crippen LogP contribution in [-0.4, -0.2) is 29.4 Å². The van der Waals surface area contributed by atoms with Gasteiger partial charge in [-0.3, -0.25) is 4.79 Å². The van der Waals surface area contributed by atoms with Crippen molar-refractivity contribution in [1.29, 1.82) is 0 Å². The van der Waals surface area contributed by atoms with Crippen molar-refractivity contribution in [2.45, 2.75) is 64.0 Å². The fourth-order valence-electron chi connectivity index (χ4n) is 3.29. The quantitative estimate of drug-likeness (QED) is 0.778. The lowest BCUT2D eigenvalue weighted by atomic mass is 9.78. The van der Waals surface area contributed by atoms with Crippen LogP contribution in [0.4, 0.5) is 0 Å². The summed E-state index contributed by atoms with van der Waals surface area (Å²) in [5.74, 6) is 0.953. The maximum absolute atomic E-state index is 12.2. The predicted molar refractivity (Wildman–Crippen MR) is 65.0 cm³/mol. The SMILES string of the molecule is CCC(N)C(=O)N1CCC[C@H]2CCCC[C@H]21. The van der Waals surface area contributed by atoms with E-state index in [9.17, 15) is 4.79 Å². The van der Waals surface area contributed by atoms with Gasteiger partial charge >= 0.3 is 0 Å². The number of likely N-dealkylation sites (tertiary alicyclic amines) is 1. The van der Waals surface area contributed by atoms with E-state index in [0.717, 1.165) is 18.9 Å². The molecule has 1 aliphatic heterocycles. The van der Waals surface area contributed by atoms with E-state index in [1.807, 2.05) is 6.92 Å². The van der Waals surface area contributed by atoms with Crippen molar-refractivity contribution in [3.05, 3.63) is 0 Å². The van der Waals surface area contributed by atoms with Crippen LogP contribution in [0, 0.1) is 5.92 Å². The van der Waals surface area contributed by atoms with E-state index in [2.05, 4.69) is 4.90 Å². The Labute approximate surface area is 98.4 Å². The summed E-state index contributed by atoms with van der Waals surface area (Å²) in [7, 11) is 0. The molecule has 3 heteroatoms. The Morgan fingerprint density at radius 1 is 1.31 bits per heavy atom. The fraction of sp³-hybridized carbons (Fsp3) is 0.923. The molecule has 1 saturated carbocycles. The fourth-order valence-corrected chi connectivity index (χ4v) is 3.29. The molecular weight excluding hydrogens is 200 g/mol. The van der Waals surface area contributed by atoms with Gasteiger partial charge in [0.1, 0.15) is 0 Å². The minimum atomic E-state index is -0.277. The van der Waals surface area contributed by atoms with E-state index in [0.29, 0.717) is 6.04 Å². The second-order valence-corrected chi connectivity index (χ2v) is 5.30. The van der Waals surface area contributed by atoms with E-state index < -0.39 is 0 Å². The molecular formula is C13H24N2O. The zero-order valence-corrected chi connectivity index (χ0v) is 10.3. The largest absolute Gasteiger partial charge is 0.338 e. The molecule has 0 aromatic rings. The second-order valence-electron chi connectivity index (χ2n) is 5.30. The average Bonchev–Trinajstić information content (AvgIpc) is 2.36. The predicted octanol–water partition coefficient (Wildman–Crippen LogP) is 1.90. The van der Waals surface area contributed by atoms with E-state index in [1.165, 1.54) is 38.5 Å². The molecule has 2 rings (SSSR count). The molecule has 2 N–H and O–H groups in total. The molecule has 1 heterocycles. The lowest BCUT2D eigenvalue weighted by Gasteiger charge is -2.44. The molecule has 1 unspecified atom stereocenters. The minimum absolute atomic E-state index is 0.194. The third-order valence-corrected chi connectivity index (χ3v) is 4.28. The maximum atomic E-state index is 12.2. The van der Waals surface area contributed by atoms with Crippen LogP contribution in [0.5, 0.6) is 0 Å². The van der Waals surface area contributed by atoms with Crippen molar-refractivity contribution >= 4 is 5.91 Å². The second kappa shape index (κ2) is 5.17. The van der Waals surface area contributed by atoms with Gasteiger partial charge in [0.05, 0.1) is 6.04 Å². The molecule has 0 aromatic carbocycles. The first kappa shape index (κ1) is 11.9. The highest BCUT2D eigenvalue weighted by molar-refractivity contribution is 5.82. The third kappa shape index (κ3) is 2.24. The number of rotatable bonds is 2. The summed E-state index contributed by atoms with van der Waals surface area (Å²) in [4.78, 5) is 14.3. The highest BCUT2D eigenvalue weighted by Crippen LogP contribution is 2.35. The molecule has 0 bridgehead atoms. The van der Waals surface area contributed by atoms with Crippen molar-refractivity contribution < 1.29 is 4.79 Å². The number of amides is 1. The Hall–Kier alpha value is -0.570. The molecule has 0 radical (unpaired) electrons. The topological polar surface area (TPSA) is 46.3 Å². The van der Waals surface area contributed by atoms with Gasteiger partial charge in [-0.25, -0.2) is 0 Å². The first-order valence-corrected chi connectivity index (χ1v) is 6.80. The van der Waals surface area contributed by atoms with Gasteiger partial charge in [0, 0.05) is 12.6 Å². The summed E-state index contributed by atoms with van der Waals surface area (Å²) in [6.07, 6.45) is 8.39. The van der Waals surface area contributed by atoms with E-state index in [1.54, 1.807) is 0 Å². The molecule has 0 spiro atoms. The highest BCUT2D eigenvalue weighted by Gasteiger charge is 2.36. The molecule has 1 amide bonds. The summed E-state index contributed by atoms with van der Waals surface area (Å²) < 4.78 is 0. The third-order valence-electron chi connectivity index (χ3n) is 4.28. The summed E-state index contributed by atoms with van der Waals surface area (Å²) in [6, 6.07) is 0.230. The average molecular weight is 224 g/mol. The van der Waals surface area contributed by atoms with Gasteiger partial charge in [0.15, 0.2) is 0 Å². The Bertz CT molecular complexity index is 252. The van der Waals surface area contributed by atoms with Crippen LogP contribution in [-0.2, 0) is 4.79 Å². The summed E-state index contributed by atoms with van der Waals surface area (Å²) >= 11 is 0. The number of carbonyl (C=O) groups is 1. The van der Waals surface area contributed by atoms with Gasteiger partial charge in [-0.05, 0) is 38.0 Å². The molecule has 3 nitrogen and oxygen atoms in total. The van der Waals surface area contributed by atoms with Crippen LogP contribution >= 0.6 is 0 Å². The normalized spacial score (nSPS) is 32.0. The number of nitrogens with zero attached hydrogens (tertiary/aromatic N) is 1. The van der Waals surface area contributed by atoms with Gasteiger partial charge in [0.2, 0.25) is 5.91 Å². The van der Waals surface area contributed by atoms with E-state index in [4.69, 9.17) is 5.73 Å². The van der Waals surface area contributed by atoms with Crippen LogP contribution in [0.1, 0.15) is 51.9 Å². The van der Waals surface area contributed by atoms with Crippen molar-refractivity contribution in [2.75, 3.05) is 6.54 Å². The van der Waals surface area contributed by atoms with Gasteiger partial charge in [-0.2, -0.15) is 0 Å². The van der Waals surface area contributed by atoms with Gasteiger partial charge in [-0.1, -0.05) is 19.8 Å². The van der Waals surface area contributed by atoms with Crippen LogP contribution in [0.15, 0.2) is 0 Å². The van der Waals surface area contributed by atoms with Crippen molar-refractivity contribution in [3.63, 3.8) is 0 Å². The maximum Gasteiger partial charge on any atom is 0.239 e. The number of nitrogens with two attached hydrogens (primary N) is 1. The Kier molecular flexibility index (Phi) is 3.85. The molecule has 16 heavy (non-hydrogen) atoms. The van der Waals surface area contributed by atoms with E-state index >= 15 is 0 Å². The van der Waals surface area contributed by atoms with Crippen LogP contribution in [0.25, 0.3) is 0 Å². The molecule has 0 aromatic heterocycles. The van der Waals surface area contributed by atoms with Crippen LogP contribution < -0.4 is 5.73 Å². The molecule has 2 fully saturated rings. The lowest BCUT2D eigenvalue weighted by molar-refractivity contribution is -0.139. The number of piperidine rings is 1. The van der Waals surface area contributed by atoms with Crippen molar-refractivity contribution in [3.8, 4) is 0 Å². The van der Waals surface area contributed by atoms with Crippen LogP contribution in [0.3, 0.4) is 0 Å². The monoisotopic (exact) mass is 224 g/mol. The first-order valence-electron chi connectivity index (χ1n) is 6.80. The Morgan fingerprint density at radius 2 is 2.00 bits per heavy atom. The first-order chi connectivity index (χ1) is 7.74. The van der Waals surface area contributed by atoms with Crippen molar-refractivity contribution in [1.82, 2.24) is 4.90 Å². The summed E-state index contributed by atoms with van der Waals surface area (Å²) in [5.41, 5.74) is 5.88. The van der Waals surface area contributed by atoms with Gasteiger partial charge < -0.3 is 10.6 Å². The molecule has 1 saturated heterocycles. The smallest absolute Gasteiger partial charge is 0.239 e. The standard InChI is InChI=1S/C13H24N2O/c1-2-11(14)13(16)15-9-5-7-10-6-3-4-8-12(10)15/h10-12H,2-9,14H2,1H3/t10-,11?,12-/m1/s1.